The first-order valence-electron chi connectivity index (χ1n) is 3.35. The normalized spacial score (nSPS) is 11.6. The Morgan fingerprint density at radius 2 is 1.91 bits per heavy atom. The zero-order valence-electron chi connectivity index (χ0n) is 6.21. The van der Waals surface area contributed by atoms with Gasteiger partial charge in [0.25, 0.3) is 0 Å². The summed E-state index contributed by atoms with van der Waals surface area (Å²) in [4.78, 5) is 0. The molecule has 58 valence electrons. The van der Waals surface area contributed by atoms with Crippen LogP contribution in [0.2, 0.25) is 0 Å². The molecule has 0 unspecified atom stereocenters. The van der Waals surface area contributed by atoms with Crippen LogP contribution in [-0.4, -0.2) is 5.11 Å². The number of rotatable bonds is 1. The highest BCUT2D eigenvalue weighted by atomic mass is 19.1. The van der Waals surface area contributed by atoms with Crippen LogP contribution in [0.15, 0.2) is 30.3 Å². The van der Waals surface area contributed by atoms with Gasteiger partial charge in [0.2, 0.25) is 0 Å². The van der Waals surface area contributed by atoms with Gasteiger partial charge < -0.3 is 5.11 Å². The Labute approximate surface area is 64.8 Å². The van der Waals surface area contributed by atoms with Crippen LogP contribution < -0.4 is 0 Å². The summed E-state index contributed by atoms with van der Waals surface area (Å²) in [5.41, 5.74) is 0.633. The maximum Gasteiger partial charge on any atom is 0.123 e. The zero-order chi connectivity index (χ0) is 8.27. The third-order valence-electron chi connectivity index (χ3n) is 1.41. The molecule has 0 aliphatic carbocycles. The Hall–Kier alpha value is -1.31. The number of aliphatic hydroxyl groups excluding tert-OH is 1. The SMILES string of the molecule is CC=C(O)c1ccc(F)cc1. The van der Waals surface area contributed by atoms with Crippen molar-refractivity contribution >= 4 is 5.76 Å². The Balaban J connectivity index is 2.99. The van der Waals surface area contributed by atoms with Crippen LogP contribution in [0, 0.1) is 5.82 Å². The van der Waals surface area contributed by atoms with Crippen LogP contribution in [0.25, 0.3) is 5.76 Å². The molecule has 1 N–H and O–H groups in total. The number of allylic oxidation sites excluding steroid dienone is 1. The highest BCUT2D eigenvalue weighted by Crippen LogP contribution is 2.10. The van der Waals surface area contributed by atoms with Crippen LogP contribution in [-0.2, 0) is 0 Å². The van der Waals surface area contributed by atoms with E-state index in [1.807, 2.05) is 0 Å². The highest BCUT2D eigenvalue weighted by Gasteiger charge is 1.95. The molecule has 0 radical (unpaired) electrons. The number of benzene rings is 1. The Kier molecular flexibility index (Phi) is 2.26. The van der Waals surface area contributed by atoms with Crippen molar-refractivity contribution in [2.75, 3.05) is 0 Å². The van der Waals surface area contributed by atoms with E-state index in [1.54, 1.807) is 13.0 Å². The largest absolute Gasteiger partial charge is 0.508 e. The van der Waals surface area contributed by atoms with Crippen molar-refractivity contribution in [2.24, 2.45) is 0 Å². The van der Waals surface area contributed by atoms with Crippen LogP contribution in [0.5, 0.6) is 0 Å². The van der Waals surface area contributed by atoms with E-state index in [9.17, 15) is 4.39 Å². The van der Waals surface area contributed by atoms with Crippen molar-refractivity contribution in [2.45, 2.75) is 6.92 Å². The molecule has 0 aromatic heterocycles. The minimum atomic E-state index is -0.294. The molecule has 0 fully saturated rings. The zero-order valence-corrected chi connectivity index (χ0v) is 6.21. The average molecular weight is 152 g/mol. The molecule has 0 spiro atoms. The van der Waals surface area contributed by atoms with E-state index in [2.05, 4.69) is 0 Å². The molecule has 0 heterocycles. The first kappa shape index (κ1) is 7.79. The average Bonchev–Trinajstić information content (AvgIpc) is 2.05. The van der Waals surface area contributed by atoms with E-state index >= 15 is 0 Å². The van der Waals surface area contributed by atoms with Gasteiger partial charge in [-0.1, -0.05) is 0 Å². The van der Waals surface area contributed by atoms with Crippen LogP contribution in [0.3, 0.4) is 0 Å². The van der Waals surface area contributed by atoms with Crippen molar-refractivity contribution in [3.05, 3.63) is 41.7 Å². The van der Waals surface area contributed by atoms with Crippen molar-refractivity contribution in [3.8, 4) is 0 Å². The summed E-state index contributed by atoms with van der Waals surface area (Å²) in [6.07, 6.45) is 1.56. The summed E-state index contributed by atoms with van der Waals surface area (Å²) >= 11 is 0. The van der Waals surface area contributed by atoms with E-state index < -0.39 is 0 Å². The smallest absolute Gasteiger partial charge is 0.123 e. The fourth-order valence-electron chi connectivity index (χ4n) is 0.787. The predicted octanol–water partition coefficient (Wildman–Crippen LogP) is 2.74. The van der Waals surface area contributed by atoms with Gasteiger partial charge in [-0.05, 0) is 37.3 Å². The van der Waals surface area contributed by atoms with E-state index in [1.165, 1.54) is 24.3 Å². The summed E-state index contributed by atoms with van der Waals surface area (Å²) in [6.45, 7) is 1.72. The lowest BCUT2D eigenvalue weighted by Crippen LogP contribution is -1.81. The molecule has 0 aliphatic heterocycles. The first-order chi connectivity index (χ1) is 5.24. The molecular weight excluding hydrogens is 143 g/mol. The Morgan fingerprint density at radius 1 is 1.36 bits per heavy atom. The summed E-state index contributed by atoms with van der Waals surface area (Å²) in [5, 5.41) is 9.16. The molecule has 1 rings (SSSR count). The standard InChI is InChI=1S/C9H9FO/c1-2-9(11)7-3-5-8(10)6-4-7/h2-6,11H,1H3. The lowest BCUT2D eigenvalue weighted by Gasteiger charge is -1.97. The second-order valence-corrected chi connectivity index (χ2v) is 2.18. The molecule has 0 aliphatic rings. The van der Waals surface area contributed by atoms with Crippen LogP contribution in [0.1, 0.15) is 12.5 Å². The number of halogens is 1. The van der Waals surface area contributed by atoms with Crippen LogP contribution >= 0.6 is 0 Å². The van der Waals surface area contributed by atoms with Gasteiger partial charge in [0.05, 0.1) is 0 Å². The summed E-state index contributed by atoms with van der Waals surface area (Å²) in [6, 6.07) is 5.69. The molecule has 0 atom stereocenters. The summed E-state index contributed by atoms with van der Waals surface area (Å²) in [7, 11) is 0. The molecule has 0 saturated carbocycles. The van der Waals surface area contributed by atoms with E-state index in [0.29, 0.717) is 5.56 Å². The van der Waals surface area contributed by atoms with Gasteiger partial charge in [-0.25, -0.2) is 4.39 Å². The highest BCUT2D eigenvalue weighted by molar-refractivity contribution is 5.57. The first-order valence-corrected chi connectivity index (χ1v) is 3.35. The topological polar surface area (TPSA) is 20.2 Å². The van der Waals surface area contributed by atoms with Gasteiger partial charge in [0.1, 0.15) is 11.6 Å². The monoisotopic (exact) mass is 152 g/mol. The lowest BCUT2D eigenvalue weighted by atomic mass is 10.2. The van der Waals surface area contributed by atoms with E-state index in [4.69, 9.17) is 5.11 Å². The number of hydrogen-bond acceptors (Lipinski definition) is 1. The molecule has 0 amide bonds. The van der Waals surface area contributed by atoms with Crippen molar-refractivity contribution in [1.82, 2.24) is 0 Å². The second-order valence-electron chi connectivity index (χ2n) is 2.18. The summed E-state index contributed by atoms with van der Waals surface area (Å²) in [5.74, 6) is -0.123. The summed E-state index contributed by atoms with van der Waals surface area (Å²) < 4.78 is 12.4. The molecule has 2 heteroatoms. The maximum absolute atomic E-state index is 12.4. The lowest BCUT2D eigenvalue weighted by molar-refractivity contribution is 0.510. The molecule has 1 aromatic carbocycles. The Morgan fingerprint density at radius 3 is 2.36 bits per heavy atom. The van der Waals surface area contributed by atoms with Gasteiger partial charge >= 0.3 is 0 Å². The molecule has 1 aromatic rings. The molecular formula is C9H9FO. The fraction of sp³-hybridized carbons (Fsp3) is 0.111. The molecule has 11 heavy (non-hydrogen) atoms. The second kappa shape index (κ2) is 3.19. The predicted molar refractivity (Wildman–Crippen MR) is 42.7 cm³/mol. The number of hydrogen-bond donors (Lipinski definition) is 1. The van der Waals surface area contributed by atoms with Gasteiger partial charge in [-0.2, -0.15) is 0 Å². The molecule has 0 bridgehead atoms. The Bertz CT molecular complexity index is 261. The maximum atomic E-state index is 12.4. The van der Waals surface area contributed by atoms with Crippen molar-refractivity contribution in [3.63, 3.8) is 0 Å². The third-order valence-corrected chi connectivity index (χ3v) is 1.41. The van der Waals surface area contributed by atoms with E-state index in [-0.39, 0.29) is 11.6 Å². The van der Waals surface area contributed by atoms with Gasteiger partial charge in [0.15, 0.2) is 0 Å². The minimum Gasteiger partial charge on any atom is -0.508 e. The molecule has 1 nitrogen and oxygen atoms in total. The minimum absolute atomic E-state index is 0.171. The third kappa shape index (κ3) is 1.80. The fourth-order valence-corrected chi connectivity index (χ4v) is 0.787. The molecule has 0 saturated heterocycles. The van der Waals surface area contributed by atoms with E-state index in [0.717, 1.165) is 0 Å². The van der Waals surface area contributed by atoms with Gasteiger partial charge in [-0.3, -0.25) is 0 Å². The van der Waals surface area contributed by atoms with Gasteiger partial charge in [-0.15, -0.1) is 0 Å². The number of aliphatic hydroxyl groups is 1. The van der Waals surface area contributed by atoms with Crippen molar-refractivity contribution in [1.29, 1.82) is 0 Å². The van der Waals surface area contributed by atoms with Crippen molar-refractivity contribution < 1.29 is 9.50 Å². The van der Waals surface area contributed by atoms with Gasteiger partial charge in [0, 0.05) is 5.56 Å². The quantitative estimate of drug-likeness (QED) is 0.613. The van der Waals surface area contributed by atoms with Crippen LogP contribution in [0.4, 0.5) is 4.39 Å².